The van der Waals surface area contributed by atoms with Crippen molar-refractivity contribution in [2.45, 2.75) is 59.0 Å². The molecule has 3 N–H and O–H groups in total. The number of rotatable bonds is 7. The lowest BCUT2D eigenvalue weighted by atomic mass is 10.0. The summed E-state index contributed by atoms with van der Waals surface area (Å²) in [5, 5.41) is 8.63. The maximum atomic E-state index is 11.8. The van der Waals surface area contributed by atoms with Crippen LogP contribution in [0.3, 0.4) is 0 Å². The van der Waals surface area contributed by atoms with Gasteiger partial charge in [0.1, 0.15) is 6.04 Å². The number of carbonyl (C=O) groups is 2. The van der Waals surface area contributed by atoms with E-state index in [1.807, 2.05) is 13.8 Å². The minimum atomic E-state index is -0.438. The molecule has 2 amide bonds. The summed E-state index contributed by atoms with van der Waals surface area (Å²) in [5.74, 6) is 0.132. The fourth-order valence-corrected chi connectivity index (χ4v) is 1.69. The molecule has 1 atom stereocenters. The molecular formula is C14H29N3O2. The van der Waals surface area contributed by atoms with Crippen LogP contribution in [0.4, 0.5) is 0 Å². The fraction of sp³-hybridized carbons (Fsp3) is 0.857. The zero-order valence-electron chi connectivity index (χ0n) is 13.1. The van der Waals surface area contributed by atoms with Crippen molar-refractivity contribution in [2.75, 3.05) is 13.6 Å². The van der Waals surface area contributed by atoms with Gasteiger partial charge in [-0.1, -0.05) is 13.8 Å². The van der Waals surface area contributed by atoms with E-state index in [1.165, 1.54) is 0 Å². The van der Waals surface area contributed by atoms with E-state index >= 15 is 0 Å². The van der Waals surface area contributed by atoms with E-state index in [0.717, 1.165) is 0 Å². The van der Waals surface area contributed by atoms with Crippen LogP contribution in [0.5, 0.6) is 0 Å². The summed E-state index contributed by atoms with van der Waals surface area (Å²) in [6.45, 7) is 10.8. The maximum Gasteiger partial charge on any atom is 0.242 e. The molecule has 0 aliphatic carbocycles. The Hall–Kier alpha value is -1.10. The van der Waals surface area contributed by atoms with E-state index < -0.39 is 6.04 Å². The van der Waals surface area contributed by atoms with Crippen molar-refractivity contribution in [2.24, 2.45) is 5.92 Å². The molecule has 0 heterocycles. The van der Waals surface area contributed by atoms with Gasteiger partial charge in [0.25, 0.3) is 0 Å². The number of amides is 2. The summed E-state index contributed by atoms with van der Waals surface area (Å²) in [6, 6.07) is -0.438. The lowest BCUT2D eigenvalue weighted by molar-refractivity contribution is -0.129. The van der Waals surface area contributed by atoms with E-state index in [4.69, 9.17) is 0 Å². The second-order valence-corrected chi connectivity index (χ2v) is 6.29. The molecule has 0 rings (SSSR count). The van der Waals surface area contributed by atoms with Crippen molar-refractivity contribution < 1.29 is 9.59 Å². The second-order valence-electron chi connectivity index (χ2n) is 6.29. The molecule has 0 aromatic rings. The van der Waals surface area contributed by atoms with Gasteiger partial charge in [0.2, 0.25) is 11.8 Å². The van der Waals surface area contributed by atoms with Crippen LogP contribution in [0, 0.1) is 5.92 Å². The molecule has 0 saturated heterocycles. The second kappa shape index (κ2) is 8.15. The topological polar surface area (TPSA) is 70.2 Å². The molecule has 0 fully saturated rings. The van der Waals surface area contributed by atoms with Gasteiger partial charge in [-0.3, -0.25) is 9.59 Å². The predicted molar refractivity (Wildman–Crippen MR) is 77.8 cm³/mol. The third-order valence-electron chi connectivity index (χ3n) is 2.61. The highest BCUT2D eigenvalue weighted by Gasteiger charge is 2.20. The minimum Gasteiger partial charge on any atom is -0.357 e. The van der Waals surface area contributed by atoms with Crippen molar-refractivity contribution in [3.8, 4) is 0 Å². The zero-order chi connectivity index (χ0) is 15.1. The molecule has 0 aromatic heterocycles. The minimum absolute atomic E-state index is 0.00158. The Morgan fingerprint density at radius 1 is 1.16 bits per heavy atom. The molecule has 1 unspecified atom stereocenters. The highest BCUT2D eigenvalue weighted by Crippen LogP contribution is 2.05. The Morgan fingerprint density at radius 3 is 2.16 bits per heavy atom. The van der Waals surface area contributed by atoms with Gasteiger partial charge in [-0.25, -0.2) is 0 Å². The Bertz CT molecular complexity index is 296. The average Bonchev–Trinajstić information content (AvgIpc) is 2.24. The number of hydrogen-bond donors (Lipinski definition) is 3. The molecule has 0 aliphatic heterocycles. The molecule has 0 aliphatic rings. The fourth-order valence-electron chi connectivity index (χ4n) is 1.69. The van der Waals surface area contributed by atoms with Crippen molar-refractivity contribution >= 4 is 11.8 Å². The molecule has 0 saturated carbocycles. The Kier molecular flexibility index (Phi) is 7.68. The highest BCUT2D eigenvalue weighted by molar-refractivity contribution is 5.87. The van der Waals surface area contributed by atoms with Gasteiger partial charge in [-0.05, 0) is 33.1 Å². The first-order chi connectivity index (χ1) is 8.65. The van der Waals surface area contributed by atoms with Gasteiger partial charge in [0, 0.05) is 25.6 Å². The highest BCUT2D eigenvalue weighted by atomic mass is 16.2. The van der Waals surface area contributed by atoms with E-state index in [9.17, 15) is 9.59 Å². The smallest absolute Gasteiger partial charge is 0.242 e. The monoisotopic (exact) mass is 271 g/mol. The van der Waals surface area contributed by atoms with Crippen LogP contribution >= 0.6 is 0 Å². The lowest BCUT2D eigenvalue weighted by Crippen LogP contribution is -2.47. The molecule has 19 heavy (non-hydrogen) atoms. The first-order valence-electron chi connectivity index (χ1n) is 6.91. The number of likely N-dealkylation sites (N-methyl/N-ethyl adjacent to an activating group) is 1. The summed E-state index contributed by atoms with van der Waals surface area (Å²) in [4.78, 5) is 23.5. The van der Waals surface area contributed by atoms with Crippen LogP contribution in [0.1, 0.15) is 47.5 Å². The molecular weight excluding hydrogens is 242 g/mol. The van der Waals surface area contributed by atoms with Crippen molar-refractivity contribution in [1.29, 1.82) is 0 Å². The van der Waals surface area contributed by atoms with Crippen molar-refractivity contribution in [3.05, 3.63) is 0 Å². The summed E-state index contributed by atoms with van der Waals surface area (Å²) < 4.78 is 0. The van der Waals surface area contributed by atoms with E-state index in [2.05, 4.69) is 36.7 Å². The van der Waals surface area contributed by atoms with Gasteiger partial charge in [0.15, 0.2) is 0 Å². The Labute approximate surface area is 116 Å². The van der Waals surface area contributed by atoms with Crippen LogP contribution < -0.4 is 16.0 Å². The largest absolute Gasteiger partial charge is 0.357 e. The van der Waals surface area contributed by atoms with Gasteiger partial charge in [-0.15, -0.1) is 0 Å². The van der Waals surface area contributed by atoms with Crippen molar-refractivity contribution in [1.82, 2.24) is 16.0 Å². The number of hydrogen-bond acceptors (Lipinski definition) is 3. The number of carbonyl (C=O) groups excluding carboxylic acids is 2. The lowest BCUT2D eigenvalue weighted by Gasteiger charge is -2.22. The van der Waals surface area contributed by atoms with Gasteiger partial charge < -0.3 is 16.0 Å². The number of nitrogens with one attached hydrogen (secondary N) is 3. The molecule has 5 heteroatoms. The third-order valence-corrected chi connectivity index (χ3v) is 2.61. The van der Waals surface area contributed by atoms with E-state index in [1.54, 1.807) is 7.05 Å². The van der Waals surface area contributed by atoms with E-state index in [0.29, 0.717) is 25.3 Å². The molecule has 112 valence electrons. The first kappa shape index (κ1) is 17.9. The van der Waals surface area contributed by atoms with Gasteiger partial charge >= 0.3 is 0 Å². The van der Waals surface area contributed by atoms with Crippen LogP contribution in [-0.2, 0) is 9.59 Å². The van der Waals surface area contributed by atoms with E-state index in [-0.39, 0.29) is 17.4 Å². The molecule has 5 nitrogen and oxygen atoms in total. The Balaban J connectivity index is 4.20. The van der Waals surface area contributed by atoms with Crippen LogP contribution in [-0.4, -0.2) is 37.0 Å². The normalized spacial score (nSPS) is 13.2. The predicted octanol–water partition coefficient (Wildman–Crippen LogP) is 1.04. The zero-order valence-corrected chi connectivity index (χ0v) is 13.1. The third kappa shape index (κ3) is 9.47. The van der Waals surface area contributed by atoms with Crippen LogP contribution in [0.15, 0.2) is 0 Å². The van der Waals surface area contributed by atoms with Gasteiger partial charge in [-0.2, -0.15) is 0 Å². The maximum absolute atomic E-state index is 11.8. The quantitative estimate of drug-likeness (QED) is 0.648. The molecule has 0 bridgehead atoms. The molecule has 0 spiro atoms. The average molecular weight is 271 g/mol. The van der Waals surface area contributed by atoms with Gasteiger partial charge in [0.05, 0.1) is 0 Å². The standard InChI is InChI=1S/C14H29N3O2/c1-10(2)9-11(13(19)15-6)17-12(18)7-8-16-14(3,4)5/h10-11,16H,7-9H2,1-6H3,(H,15,19)(H,17,18). The summed E-state index contributed by atoms with van der Waals surface area (Å²) in [6.07, 6.45) is 1.03. The van der Waals surface area contributed by atoms with Crippen LogP contribution in [0.25, 0.3) is 0 Å². The van der Waals surface area contributed by atoms with Crippen LogP contribution in [0.2, 0.25) is 0 Å². The summed E-state index contributed by atoms with van der Waals surface area (Å²) in [7, 11) is 1.59. The molecule has 0 aromatic carbocycles. The molecule has 0 radical (unpaired) electrons. The Morgan fingerprint density at radius 2 is 1.74 bits per heavy atom. The summed E-state index contributed by atoms with van der Waals surface area (Å²) in [5.41, 5.74) is -0.00158. The first-order valence-corrected chi connectivity index (χ1v) is 6.91. The van der Waals surface area contributed by atoms with Crippen molar-refractivity contribution in [3.63, 3.8) is 0 Å². The summed E-state index contributed by atoms with van der Waals surface area (Å²) >= 11 is 0. The SMILES string of the molecule is CNC(=O)C(CC(C)C)NC(=O)CCNC(C)(C)C.